The standard InChI is InChI=1S/C8H15N3/c1-2-5-10(6-3-1)11-7-4-9-8-11/h8H,1-7H2. The minimum atomic E-state index is 0.983. The van der Waals surface area contributed by atoms with Gasteiger partial charge in [0.2, 0.25) is 0 Å². The summed E-state index contributed by atoms with van der Waals surface area (Å²) in [4.78, 5) is 4.20. The van der Waals surface area contributed by atoms with E-state index in [4.69, 9.17) is 0 Å². The second-order valence-electron chi connectivity index (χ2n) is 3.20. The van der Waals surface area contributed by atoms with E-state index in [1.54, 1.807) is 0 Å². The van der Waals surface area contributed by atoms with E-state index >= 15 is 0 Å². The van der Waals surface area contributed by atoms with Gasteiger partial charge in [-0.1, -0.05) is 6.42 Å². The van der Waals surface area contributed by atoms with Crippen LogP contribution in [0.25, 0.3) is 0 Å². The lowest BCUT2D eigenvalue weighted by molar-refractivity contribution is 0.0395. The molecular weight excluding hydrogens is 138 g/mol. The Balaban J connectivity index is 1.87. The lowest BCUT2D eigenvalue weighted by atomic mass is 10.2. The number of nitrogens with zero attached hydrogens (tertiary/aromatic N) is 3. The largest absolute Gasteiger partial charge is 0.294 e. The van der Waals surface area contributed by atoms with Gasteiger partial charge in [-0.15, -0.1) is 0 Å². The first-order valence-corrected chi connectivity index (χ1v) is 4.48. The molecule has 0 radical (unpaired) electrons. The van der Waals surface area contributed by atoms with E-state index in [9.17, 15) is 0 Å². The fraction of sp³-hybridized carbons (Fsp3) is 0.875. The maximum absolute atomic E-state index is 4.20. The molecule has 1 saturated heterocycles. The van der Waals surface area contributed by atoms with Crippen molar-refractivity contribution in [3.05, 3.63) is 0 Å². The van der Waals surface area contributed by atoms with E-state index in [2.05, 4.69) is 15.0 Å². The van der Waals surface area contributed by atoms with E-state index in [1.165, 1.54) is 32.4 Å². The highest BCUT2D eigenvalue weighted by atomic mass is 15.6. The van der Waals surface area contributed by atoms with Crippen LogP contribution >= 0.6 is 0 Å². The monoisotopic (exact) mass is 153 g/mol. The Kier molecular flexibility index (Phi) is 2.08. The van der Waals surface area contributed by atoms with Crippen LogP contribution in [-0.4, -0.2) is 42.5 Å². The smallest absolute Gasteiger partial charge is 0.0995 e. The van der Waals surface area contributed by atoms with E-state index in [0.717, 1.165) is 13.1 Å². The Morgan fingerprint density at radius 1 is 1.00 bits per heavy atom. The fourth-order valence-electron chi connectivity index (χ4n) is 1.72. The topological polar surface area (TPSA) is 18.8 Å². The molecule has 2 aliphatic heterocycles. The van der Waals surface area contributed by atoms with Gasteiger partial charge in [-0.2, -0.15) is 0 Å². The van der Waals surface area contributed by atoms with Crippen LogP contribution in [0.15, 0.2) is 4.99 Å². The first-order valence-electron chi connectivity index (χ1n) is 4.48. The van der Waals surface area contributed by atoms with Crippen LogP contribution in [0.2, 0.25) is 0 Å². The molecule has 0 saturated carbocycles. The molecule has 0 aromatic carbocycles. The maximum Gasteiger partial charge on any atom is 0.0995 e. The van der Waals surface area contributed by atoms with E-state index in [-0.39, 0.29) is 0 Å². The summed E-state index contributed by atoms with van der Waals surface area (Å²) in [7, 11) is 0. The van der Waals surface area contributed by atoms with Crippen LogP contribution in [0.5, 0.6) is 0 Å². The molecule has 11 heavy (non-hydrogen) atoms. The van der Waals surface area contributed by atoms with Crippen LogP contribution in [0, 0.1) is 0 Å². The van der Waals surface area contributed by atoms with Crippen molar-refractivity contribution < 1.29 is 0 Å². The Labute approximate surface area is 67.7 Å². The summed E-state index contributed by atoms with van der Waals surface area (Å²) in [5.74, 6) is 0. The van der Waals surface area contributed by atoms with E-state index in [1.807, 2.05) is 6.34 Å². The Hall–Kier alpha value is -0.570. The zero-order valence-electron chi connectivity index (χ0n) is 6.87. The average Bonchev–Trinajstić information content (AvgIpc) is 2.58. The van der Waals surface area contributed by atoms with Crippen molar-refractivity contribution in [2.45, 2.75) is 19.3 Å². The lowest BCUT2D eigenvalue weighted by Gasteiger charge is -2.33. The molecule has 3 heteroatoms. The zero-order chi connectivity index (χ0) is 7.52. The summed E-state index contributed by atoms with van der Waals surface area (Å²) in [6.45, 7) is 4.54. The van der Waals surface area contributed by atoms with Crippen molar-refractivity contribution >= 4 is 6.34 Å². The van der Waals surface area contributed by atoms with Crippen LogP contribution in [-0.2, 0) is 0 Å². The summed E-state index contributed by atoms with van der Waals surface area (Å²) >= 11 is 0. The highest BCUT2D eigenvalue weighted by Crippen LogP contribution is 2.11. The summed E-state index contributed by atoms with van der Waals surface area (Å²) in [6, 6.07) is 0. The molecule has 0 amide bonds. The highest BCUT2D eigenvalue weighted by molar-refractivity contribution is 5.56. The van der Waals surface area contributed by atoms with Gasteiger partial charge in [0.1, 0.15) is 0 Å². The van der Waals surface area contributed by atoms with Crippen LogP contribution in [0.4, 0.5) is 0 Å². The van der Waals surface area contributed by atoms with Crippen molar-refractivity contribution in [1.29, 1.82) is 0 Å². The van der Waals surface area contributed by atoms with Crippen LogP contribution in [0.1, 0.15) is 19.3 Å². The van der Waals surface area contributed by atoms with Gasteiger partial charge in [-0.05, 0) is 12.8 Å². The first-order chi connectivity index (χ1) is 5.47. The molecule has 2 heterocycles. The first kappa shape index (κ1) is 7.10. The zero-order valence-corrected chi connectivity index (χ0v) is 6.87. The van der Waals surface area contributed by atoms with Gasteiger partial charge in [0.25, 0.3) is 0 Å². The molecule has 0 spiro atoms. The average molecular weight is 153 g/mol. The number of piperidine rings is 1. The predicted molar refractivity (Wildman–Crippen MR) is 45.5 cm³/mol. The third-order valence-electron chi connectivity index (χ3n) is 2.37. The number of hydrazine groups is 1. The van der Waals surface area contributed by atoms with Gasteiger partial charge in [-0.25, -0.2) is 5.01 Å². The molecular formula is C8H15N3. The molecule has 1 fully saturated rings. The highest BCUT2D eigenvalue weighted by Gasteiger charge is 2.17. The molecule has 0 aromatic rings. The maximum atomic E-state index is 4.20. The number of hydrogen-bond donors (Lipinski definition) is 0. The molecule has 0 N–H and O–H groups in total. The van der Waals surface area contributed by atoms with Gasteiger partial charge in [-0.3, -0.25) is 10.0 Å². The third kappa shape index (κ3) is 1.53. The second-order valence-corrected chi connectivity index (χ2v) is 3.20. The summed E-state index contributed by atoms with van der Waals surface area (Å²) in [5, 5.41) is 4.68. The molecule has 0 bridgehead atoms. The van der Waals surface area contributed by atoms with Gasteiger partial charge >= 0.3 is 0 Å². The summed E-state index contributed by atoms with van der Waals surface area (Å²) in [5.41, 5.74) is 0. The van der Waals surface area contributed by atoms with Crippen LogP contribution in [0.3, 0.4) is 0 Å². The Morgan fingerprint density at radius 3 is 2.45 bits per heavy atom. The fourth-order valence-corrected chi connectivity index (χ4v) is 1.72. The Morgan fingerprint density at radius 2 is 1.82 bits per heavy atom. The molecule has 62 valence electrons. The van der Waals surface area contributed by atoms with Gasteiger partial charge in [0.15, 0.2) is 0 Å². The van der Waals surface area contributed by atoms with Gasteiger partial charge < -0.3 is 0 Å². The van der Waals surface area contributed by atoms with Crippen molar-refractivity contribution in [2.75, 3.05) is 26.2 Å². The molecule has 2 aliphatic rings. The quantitative estimate of drug-likeness (QED) is 0.553. The second kappa shape index (κ2) is 3.22. The molecule has 2 rings (SSSR count). The molecule has 0 atom stereocenters. The number of aliphatic imine (C=N–C) groups is 1. The van der Waals surface area contributed by atoms with Crippen molar-refractivity contribution in [3.8, 4) is 0 Å². The normalized spacial score (nSPS) is 26.4. The predicted octanol–water partition coefficient (Wildman–Crippen LogP) is 0.731. The lowest BCUT2D eigenvalue weighted by Crippen LogP contribution is -2.43. The third-order valence-corrected chi connectivity index (χ3v) is 2.37. The molecule has 0 unspecified atom stereocenters. The SMILES string of the molecule is C1=NCCN1N1CCCCC1. The van der Waals surface area contributed by atoms with Gasteiger partial charge in [0, 0.05) is 13.1 Å². The summed E-state index contributed by atoms with van der Waals surface area (Å²) < 4.78 is 0. The Bertz CT molecular complexity index is 149. The minimum absolute atomic E-state index is 0.983. The molecule has 3 nitrogen and oxygen atoms in total. The van der Waals surface area contributed by atoms with Gasteiger partial charge in [0.05, 0.1) is 19.4 Å². The van der Waals surface area contributed by atoms with Crippen molar-refractivity contribution in [2.24, 2.45) is 4.99 Å². The van der Waals surface area contributed by atoms with Crippen molar-refractivity contribution in [1.82, 2.24) is 10.0 Å². The minimum Gasteiger partial charge on any atom is -0.294 e. The van der Waals surface area contributed by atoms with E-state index in [0.29, 0.717) is 0 Å². The summed E-state index contributed by atoms with van der Waals surface area (Å²) in [6.07, 6.45) is 6.08. The van der Waals surface area contributed by atoms with E-state index < -0.39 is 0 Å². The number of hydrogen-bond acceptors (Lipinski definition) is 3. The molecule has 0 aromatic heterocycles. The molecule has 0 aliphatic carbocycles. The van der Waals surface area contributed by atoms with Crippen LogP contribution < -0.4 is 0 Å². The number of rotatable bonds is 1. The van der Waals surface area contributed by atoms with Crippen molar-refractivity contribution in [3.63, 3.8) is 0 Å².